The molecular weight excluding hydrogens is 244 g/mol. The average Bonchev–Trinajstić information content (AvgIpc) is 2.52. The molecule has 112 valence electrons. The first kappa shape index (κ1) is 15.5. The number of nitrogens with one attached hydrogen (secondary N) is 1. The van der Waals surface area contributed by atoms with Crippen LogP contribution in [0, 0.1) is 5.92 Å². The van der Waals surface area contributed by atoms with Gasteiger partial charge in [0.15, 0.2) is 0 Å². The summed E-state index contributed by atoms with van der Waals surface area (Å²) < 4.78 is 0. The van der Waals surface area contributed by atoms with Crippen LogP contribution in [0.1, 0.15) is 63.4 Å². The molecule has 0 heterocycles. The molecule has 1 fully saturated rings. The largest absolute Gasteiger partial charge is 0.271 e. The molecule has 2 rings (SSSR count). The molecule has 1 aromatic carbocycles. The normalized spacial score (nSPS) is 18.1. The van der Waals surface area contributed by atoms with Crippen molar-refractivity contribution in [2.75, 3.05) is 0 Å². The summed E-state index contributed by atoms with van der Waals surface area (Å²) in [5.41, 5.74) is 4.47. The van der Waals surface area contributed by atoms with E-state index in [4.69, 9.17) is 5.84 Å². The Labute approximate surface area is 124 Å². The van der Waals surface area contributed by atoms with Crippen LogP contribution in [0.3, 0.4) is 0 Å². The van der Waals surface area contributed by atoms with Crippen LogP contribution in [0.4, 0.5) is 0 Å². The highest BCUT2D eigenvalue weighted by molar-refractivity contribution is 5.14. The van der Waals surface area contributed by atoms with Gasteiger partial charge in [-0.1, -0.05) is 62.4 Å². The zero-order valence-corrected chi connectivity index (χ0v) is 12.7. The maximum Gasteiger partial charge on any atom is 0.0210 e. The molecule has 0 radical (unpaired) electrons. The third kappa shape index (κ3) is 5.64. The third-order valence-electron chi connectivity index (χ3n) is 4.74. The zero-order chi connectivity index (χ0) is 14.0. The number of hydrazine groups is 1. The smallest absolute Gasteiger partial charge is 0.0210 e. The molecule has 1 aliphatic rings. The molecule has 1 unspecified atom stereocenters. The summed E-state index contributed by atoms with van der Waals surface area (Å²) in [6, 6.07) is 11.3. The van der Waals surface area contributed by atoms with E-state index < -0.39 is 0 Å². The lowest BCUT2D eigenvalue weighted by Gasteiger charge is -2.24. The first-order chi connectivity index (χ1) is 9.88. The first-order valence-electron chi connectivity index (χ1n) is 8.38. The summed E-state index contributed by atoms with van der Waals surface area (Å²) >= 11 is 0. The SMILES string of the molecule is NNC(CCCc1ccccc1)CCC1CCCCC1. The van der Waals surface area contributed by atoms with E-state index in [0.29, 0.717) is 6.04 Å². The molecule has 2 heteroatoms. The molecule has 1 atom stereocenters. The minimum absolute atomic E-state index is 0.501. The quantitative estimate of drug-likeness (QED) is 0.550. The van der Waals surface area contributed by atoms with Gasteiger partial charge in [0, 0.05) is 6.04 Å². The average molecular weight is 274 g/mol. The second-order valence-electron chi connectivity index (χ2n) is 6.32. The molecule has 0 amide bonds. The van der Waals surface area contributed by atoms with Crippen molar-refractivity contribution in [1.82, 2.24) is 5.43 Å². The predicted molar refractivity (Wildman–Crippen MR) is 86.3 cm³/mol. The van der Waals surface area contributed by atoms with E-state index in [1.54, 1.807) is 0 Å². The van der Waals surface area contributed by atoms with Crippen molar-refractivity contribution in [3.8, 4) is 0 Å². The lowest BCUT2D eigenvalue weighted by molar-refractivity contribution is 0.308. The summed E-state index contributed by atoms with van der Waals surface area (Å²) in [4.78, 5) is 0. The van der Waals surface area contributed by atoms with Crippen molar-refractivity contribution in [3.05, 3.63) is 35.9 Å². The third-order valence-corrected chi connectivity index (χ3v) is 4.74. The van der Waals surface area contributed by atoms with Crippen molar-refractivity contribution in [3.63, 3.8) is 0 Å². The molecule has 0 aliphatic heterocycles. The summed E-state index contributed by atoms with van der Waals surface area (Å²) in [5.74, 6) is 6.68. The molecule has 1 saturated carbocycles. The van der Waals surface area contributed by atoms with E-state index in [-0.39, 0.29) is 0 Å². The standard InChI is InChI=1S/C18H30N2/c19-20-18(15-14-17-10-5-2-6-11-17)13-7-12-16-8-3-1-4-9-16/h1,3-4,8-9,17-18,20H,2,5-7,10-15,19H2. The Hall–Kier alpha value is -0.860. The van der Waals surface area contributed by atoms with Gasteiger partial charge in [-0.05, 0) is 43.6 Å². The number of aryl methyl sites for hydroxylation is 1. The maximum atomic E-state index is 5.72. The van der Waals surface area contributed by atoms with Crippen molar-refractivity contribution < 1.29 is 0 Å². The molecule has 2 nitrogen and oxygen atoms in total. The molecule has 0 bridgehead atoms. The molecule has 0 saturated heterocycles. The molecular formula is C18H30N2. The highest BCUT2D eigenvalue weighted by Gasteiger charge is 2.15. The van der Waals surface area contributed by atoms with E-state index >= 15 is 0 Å². The highest BCUT2D eigenvalue weighted by Crippen LogP contribution is 2.28. The van der Waals surface area contributed by atoms with Crippen LogP contribution in [0.2, 0.25) is 0 Å². The fourth-order valence-corrected chi connectivity index (χ4v) is 3.42. The minimum atomic E-state index is 0.501. The Bertz CT molecular complexity index is 344. The zero-order valence-electron chi connectivity index (χ0n) is 12.7. The van der Waals surface area contributed by atoms with Gasteiger partial charge >= 0.3 is 0 Å². The number of benzene rings is 1. The van der Waals surface area contributed by atoms with Gasteiger partial charge in [0.1, 0.15) is 0 Å². The van der Waals surface area contributed by atoms with Gasteiger partial charge in [0.05, 0.1) is 0 Å². The van der Waals surface area contributed by atoms with E-state index in [0.717, 1.165) is 5.92 Å². The molecule has 3 N–H and O–H groups in total. The summed E-state index contributed by atoms with van der Waals surface area (Å²) in [7, 11) is 0. The van der Waals surface area contributed by atoms with Crippen molar-refractivity contribution in [2.24, 2.45) is 11.8 Å². The van der Waals surface area contributed by atoms with E-state index in [1.165, 1.54) is 69.8 Å². The van der Waals surface area contributed by atoms with Crippen LogP contribution in [-0.2, 0) is 6.42 Å². The first-order valence-corrected chi connectivity index (χ1v) is 8.38. The monoisotopic (exact) mass is 274 g/mol. The number of rotatable bonds is 8. The Balaban J connectivity index is 1.61. The molecule has 0 spiro atoms. The van der Waals surface area contributed by atoms with E-state index in [1.807, 2.05) is 0 Å². The molecule has 1 aromatic rings. The Morgan fingerprint density at radius 1 is 1.05 bits per heavy atom. The number of hydrogen-bond acceptors (Lipinski definition) is 2. The molecule has 0 aromatic heterocycles. The lowest BCUT2D eigenvalue weighted by Crippen LogP contribution is -2.35. The van der Waals surface area contributed by atoms with Gasteiger partial charge in [-0.3, -0.25) is 11.3 Å². The Kier molecular flexibility index (Phi) is 7.10. The van der Waals surface area contributed by atoms with Gasteiger partial charge in [0.25, 0.3) is 0 Å². The van der Waals surface area contributed by atoms with E-state index in [2.05, 4.69) is 35.8 Å². The van der Waals surface area contributed by atoms with Crippen LogP contribution < -0.4 is 11.3 Å². The van der Waals surface area contributed by atoms with Gasteiger partial charge in [0.2, 0.25) is 0 Å². The Morgan fingerprint density at radius 2 is 1.80 bits per heavy atom. The van der Waals surface area contributed by atoms with Gasteiger partial charge in [-0.15, -0.1) is 0 Å². The van der Waals surface area contributed by atoms with Gasteiger partial charge in [-0.25, -0.2) is 0 Å². The van der Waals surface area contributed by atoms with Crippen molar-refractivity contribution >= 4 is 0 Å². The van der Waals surface area contributed by atoms with Gasteiger partial charge < -0.3 is 0 Å². The van der Waals surface area contributed by atoms with Crippen molar-refractivity contribution in [1.29, 1.82) is 0 Å². The molecule has 1 aliphatic carbocycles. The molecule has 20 heavy (non-hydrogen) atoms. The summed E-state index contributed by atoms with van der Waals surface area (Å²) in [5, 5.41) is 0. The maximum absolute atomic E-state index is 5.72. The fraction of sp³-hybridized carbons (Fsp3) is 0.667. The topological polar surface area (TPSA) is 38.0 Å². The lowest BCUT2D eigenvalue weighted by atomic mass is 9.85. The van der Waals surface area contributed by atoms with Crippen LogP contribution >= 0.6 is 0 Å². The highest BCUT2D eigenvalue weighted by atomic mass is 15.2. The van der Waals surface area contributed by atoms with Crippen molar-refractivity contribution in [2.45, 2.75) is 70.3 Å². The fourth-order valence-electron chi connectivity index (χ4n) is 3.42. The number of nitrogens with two attached hydrogens (primary N) is 1. The summed E-state index contributed by atoms with van der Waals surface area (Å²) in [6.45, 7) is 0. The van der Waals surface area contributed by atoms with Crippen LogP contribution in [-0.4, -0.2) is 6.04 Å². The number of hydrogen-bond donors (Lipinski definition) is 2. The summed E-state index contributed by atoms with van der Waals surface area (Å²) in [6.07, 6.45) is 13.4. The second-order valence-corrected chi connectivity index (χ2v) is 6.32. The van der Waals surface area contributed by atoms with Crippen LogP contribution in [0.25, 0.3) is 0 Å². The predicted octanol–water partition coefficient (Wildman–Crippen LogP) is 4.20. The van der Waals surface area contributed by atoms with Crippen LogP contribution in [0.15, 0.2) is 30.3 Å². The second kappa shape index (κ2) is 9.15. The van der Waals surface area contributed by atoms with Crippen LogP contribution in [0.5, 0.6) is 0 Å². The minimum Gasteiger partial charge on any atom is -0.271 e. The van der Waals surface area contributed by atoms with E-state index in [9.17, 15) is 0 Å². The van der Waals surface area contributed by atoms with Gasteiger partial charge in [-0.2, -0.15) is 0 Å². The Morgan fingerprint density at radius 3 is 2.50 bits per heavy atom.